The lowest BCUT2D eigenvalue weighted by Crippen LogP contribution is -2.40. The van der Waals surface area contributed by atoms with Crippen molar-refractivity contribution < 1.29 is 13.9 Å². The van der Waals surface area contributed by atoms with Gasteiger partial charge in [-0.3, -0.25) is 0 Å². The van der Waals surface area contributed by atoms with Gasteiger partial charge in [-0.15, -0.1) is 0 Å². The van der Waals surface area contributed by atoms with Gasteiger partial charge >= 0.3 is 5.97 Å². The van der Waals surface area contributed by atoms with Crippen LogP contribution in [0, 0.1) is 5.82 Å². The Kier molecular flexibility index (Phi) is 6.13. The molecule has 0 atom stereocenters. The highest BCUT2D eigenvalue weighted by atomic mass is 19.1. The van der Waals surface area contributed by atoms with Gasteiger partial charge in [-0.1, -0.05) is 0 Å². The molecule has 0 spiro atoms. The molecule has 2 aromatic carbocycles. The van der Waals surface area contributed by atoms with Crippen LogP contribution in [0.25, 0.3) is 22.3 Å². The average molecular weight is 423 g/mol. The molecule has 0 bridgehead atoms. The van der Waals surface area contributed by atoms with Crippen molar-refractivity contribution in [3.63, 3.8) is 0 Å². The van der Waals surface area contributed by atoms with Gasteiger partial charge in [-0.05, 0) is 75.2 Å². The molecule has 4 rings (SSSR count). The zero-order valence-corrected chi connectivity index (χ0v) is 18.1. The fourth-order valence-corrected chi connectivity index (χ4v) is 4.26. The molecular formula is C24H27FN4O2. The third kappa shape index (κ3) is 4.37. The molecule has 6 nitrogen and oxygen atoms in total. The molecule has 1 saturated carbocycles. The lowest BCUT2D eigenvalue weighted by Gasteiger charge is -2.36. The van der Waals surface area contributed by atoms with E-state index in [-0.39, 0.29) is 5.82 Å². The SMILES string of the molecule is CNC1CCC(N(C)c2nc3cc(C(=O)OC)ccc3nc2-c2ccc(F)cc2)CC1. The Morgan fingerprint density at radius 1 is 1.06 bits per heavy atom. The Labute approximate surface area is 181 Å². The minimum absolute atomic E-state index is 0.291. The van der Waals surface area contributed by atoms with Crippen molar-refractivity contribution in [2.75, 3.05) is 26.1 Å². The Morgan fingerprint density at radius 2 is 1.77 bits per heavy atom. The van der Waals surface area contributed by atoms with Crippen LogP contribution >= 0.6 is 0 Å². The summed E-state index contributed by atoms with van der Waals surface area (Å²) in [6, 6.07) is 12.4. The van der Waals surface area contributed by atoms with Crippen LogP contribution in [0.1, 0.15) is 36.0 Å². The first-order valence-corrected chi connectivity index (χ1v) is 10.6. The molecule has 1 aliphatic carbocycles. The van der Waals surface area contributed by atoms with Crippen LogP contribution in [0.3, 0.4) is 0 Å². The molecule has 7 heteroatoms. The van der Waals surface area contributed by atoms with Crippen molar-refractivity contribution in [3.8, 4) is 11.3 Å². The van der Waals surface area contributed by atoms with Gasteiger partial charge in [0.25, 0.3) is 0 Å². The van der Waals surface area contributed by atoms with E-state index in [2.05, 4.69) is 10.2 Å². The zero-order chi connectivity index (χ0) is 22.0. The molecule has 162 valence electrons. The van der Waals surface area contributed by atoms with Crippen molar-refractivity contribution in [1.29, 1.82) is 0 Å². The van der Waals surface area contributed by atoms with Gasteiger partial charge in [0, 0.05) is 24.7 Å². The molecule has 1 fully saturated rings. The van der Waals surface area contributed by atoms with E-state index in [1.165, 1.54) is 19.2 Å². The summed E-state index contributed by atoms with van der Waals surface area (Å²) in [5, 5.41) is 3.37. The number of esters is 1. The minimum Gasteiger partial charge on any atom is -0.465 e. The number of nitrogens with one attached hydrogen (secondary N) is 1. The summed E-state index contributed by atoms with van der Waals surface area (Å²) < 4.78 is 18.4. The maximum Gasteiger partial charge on any atom is 0.337 e. The molecule has 31 heavy (non-hydrogen) atoms. The third-order valence-electron chi connectivity index (χ3n) is 6.17. The van der Waals surface area contributed by atoms with E-state index in [1.54, 1.807) is 30.3 Å². The van der Waals surface area contributed by atoms with E-state index >= 15 is 0 Å². The van der Waals surface area contributed by atoms with Crippen LogP contribution in [0.2, 0.25) is 0 Å². The second-order valence-electron chi connectivity index (χ2n) is 8.00. The quantitative estimate of drug-likeness (QED) is 0.622. The number of nitrogens with zero attached hydrogens (tertiary/aromatic N) is 3. The molecule has 1 heterocycles. The number of hydrogen-bond acceptors (Lipinski definition) is 6. The summed E-state index contributed by atoms with van der Waals surface area (Å²) in [4.78, 5) is 23.9. The summed E-state index contributed by atoms with van der Waals surface area (Å²) in [6.45, 7) is 0. The number of halogens is 1. The van der Waals surface area contributed by atoms with Crippen molar-refractivity contribution in [2.45, 2.75) is 37.8 Å². The number of aromatic nitrogens is 2. The van der Waals surface area contributed by atoms with Gasteiger partial charge in [-0.2, -0.15) is 0 Å². The Hall–Kier alpha value is -3.06. The Bertz CT molecular complexity index is 1080. The number of ether oxygens (including phenoxy) is 1. The lowest BCUT2D eigenvalue weighted by atomic mass is 9.90. The predicted octanol–water partition coefficient (Wildman–Crippen LogP) is 4.19. The van der Waals surface area contributed by atoms with E-state index in [9.17, 15) is 9.18 Å². The number of carbonyl (C=O) groups is 1. The number of rotatable bonds is 5. The number of methoxy groups -OCH3 is 1. The van der Waals surface area contributed by atoms with E-state index < -0.39 is 5.97 Å². The molecule has 1 N–H and O–H groups in total. The maximum absolute atomic E-state index is 13.5. The first-order chi connectivity index (χ1) is 15.0. The standard InChI is InChI=1S/C24H27FN4O2/c1-26-18-9-11-19(12-10-18)29(2)23-22(15-4-7-17(25)8-5-15)27-20-13-6-16(24(30)31-3)14-21(20)28-23/h4-8,13-14,18-19,26H,9-12H2,1-3H3. The van der Waals surface area contributed by atoms with Gasteiger partial charge in [0.15, 0.2) is 5.82 Å². The molecular weight excluding hydrogens is 395 g/mol. The number of hydrogen-bond donors (Lipinski definition) is 1. The van der Waals surface area contributed by atoms with Gasteiger partial charge < -0.3 is 15.0 Å². The molecule has 1 aliphatic rings. The monoisotopic (exact) mass is 422 g/mol. The van der Waals surface area contributed by atoms with Crippen LogP contribution < -0.4 is 10.2 Å². The van der Waals surface area contributed by atoms with Crippen molar-refractivity contribution in [2.24, 2.45) is 0 Å². The molecule has 1 aromatic heterocycles. The van der Waals surface area contributed by atoms with Gasteiger partial charge in [0.1, 0.15) is 11.5 Å². The second kappa shape index (κ2) is 8.98. The predicted molar refractivity (Wildman–Crippen MR) is 120 cm³/mol. The third-order valence-corrected chi connectivity index (χ3v) is 6.17. The fourth-order valence-electron chi connectivity index (χ4n) is 4.26. The molecule has 0 radical (unpaired) electrons. The molecule has 0 unspecified atom stereocenters. The van der Waals surface area contributed by atoms with Gasteiger partial charge in [0.2, 0.25) is 0 Å². The Balaban J connectivity index is 1.79. The van der Waals surface area contributed by atoms with Crippen molar-refractivity contribution >= 4 is 22.8 Å². The highest BCUT2D eigenvalue weighted by molar-refractivity contribution is 5.94. The smallest absolute Gasteiger partial charge is 0.337 e. The van der Waals surface area contributed by atoms with E-state index in [1.807, 2.05) is 14.1 Å². The van der Waals surface area contributed by atoms with Crippen LogP contribution in [-0.2, 0) is 4.74 Å². The first kappa shape index (κ1) is 21.2. The summed E-state index contributed by atoms with van der Waals surface area (Å²) in [7, 11) is 5.41. The molecule has 0 amide bonds. The van der Waals surface area contributed by atoms with Crippen LogP contribution in [-0.4, -0.2) is 49.2 Å². The molecule has 0 saturated heterocycles. The number of anilines is 1. The number of carbonyl (C=O) groups excluding carboxylic acids is 1. The van der Waals surface area contributed by atoms with Crippen molar-refractivity contribution in [1.82, 2.24) is 15.3 Å². The maximum atomic E-state index is 13.5. The zero-order valence-electron chi connectivity index (χ0n) is 18.1. The van der Waals surface area contributed by atoms with E-state index in [4.69, 9.17) is 14.7 Å². The largest absolute Gasteiger partial charge is 0.465 e. The highest BCUT2D eigenvalue weighted by Crippen LogP contribution is 2.33. The molecule has 0 aliphatic heterocycles. The Morgan fingerprint density at radius 3 is 2.42 bits per heavy atom. The fraction of sp³-hybridized carbons (Fsp3) is 0.375. The topological polar surface area (TPSA) is 67.4 Å². The van der Waals surface area contributed by atoms with Crippen LogP contribution in [0.15, 0.2) is 42.5 Å². The van der Waals surface area contributed by atoms with E-state index in [0.717, 1.165) is 37.1 Å². The number of fused-ring (bicyclic) bond motifs is 1. The summed E-state index contributed by atoms with van der Waals surface area (Å²) >= 11 is 0. The average Bonchev–Trinajstić information content (AvgIpc) is 2.82. The highest BCUT2D eigenvalue weighted by Gasteiger charge is 2.26. The number of benzene rings is 2. The normalized spacial score (nSPS) is 18.7. The van der Waals surface area contributed by atoms with Crippen LogP contribution in [0.5, 0.6) is 0 Å². The second-order valence-corrected chi connectivity index (χ2v) is 8.00. The minimum atomic E-state index is -0.411. The van der Waals surface area contributed by atoms with E-state index in [0.29, 0.717) is 34.4 Å². The molecule has 3 aromatic rings. The first-order valence-electron chi connectivity index (χ1n) is 10.6. The summed E-state index contributed by atoms with van der Waals surface area (Å²) in [6.07, 6.45) is 4.30. The summed E-state index contributed by atoms with van der Waals surface area (Å²) in [5.74, 6) is 0.0288. The van der Waals surface area contributed by atoms with Crippen molar-refractivity contribution in [3.05, 3.63) is 53.8 Å². The van der Waals surface area contributed by atoms with Gasteiger partial charge in [-0.25, -0.2) is 19.2 Å². The summed E-state index contributed by atoms with van der Waals surface area (Å²) in [5.41, 5.74) is 3.24. The van der Waals surface area contributed by atoms with Gasteiger partial charge in [0.05, 0.1) is 23.7 Å². The lowest BCUT2D eigenvalue weighted by molar-refractivity contribution is 0.0601. The van der Waals surface area contributed by atoms with Crippen LogP contribution in [0.4, 0.5) is 10.2 Å².